The molecule has 3 nitrogen and oxygen atoms in total. The van der Waals surface area contributed by atoms with Crippen LogP contribution in [0.1, 0.15) is 18.9 Å². The van der Waals surface area contributed by atoms with E-state index in [9.17, 15) is 8.42 Å². The predicted molar refractivity (Wildman–Crippen MR) is 74.4 cm³/mol. The van der Waals surface area contributed by atoms with Crippen molar-refractivity contribution in [2.75, 3.05) is 18.1 Å². The van der Waals surface area contributed by atoms with Crippen LogP contribution in [0.3, 0.4) is 0 Å². The van der Waals surface area contributed by atoms with Gasteiger partial charge in [-0.15, -0.1) is 11.8 Å². The number of fused-ring (bicyclic) bond motifs is 2. The Morgan fingerprint density at radius 1 is 1.39 bits per heavy atom. The zero-order valence-electron chi connectivity index (χ0n) is 10.3. The molecule has 1 aromatic carbocycles. The van der Waals surface area contributed by atoms with Gasteiger partial charge in [0.2, 0.25) is 0 Å². The van der Waals surface area contributed by atoms with E-state index in [2.05, 4.69) is 12.2 Å². The predicted octanol–water partition coefficient (Wildman–Crippen LogP) is 1.99. The van der Waals surface area contributed by atoms with Crippen molar-refractivity contribution < 1.29 is 8.42 Å². The fourth-order valence-corrected chi connectivity index (χ4v) is 5.97. The van der Waals surface area contributed by atoms with Crippen molar-refractivity contribution in [3.63, 3.8) is 0 Å². The maximum atomic E-state index is 12.1. The summed E-state index contributed by atoms with van der Waals surface area (Å²) in [6.07, 6.45) is 0.670. The highest BCUT2D eigenvalue weighted by Gasteiger charge is 2.44. The van der Waals surface area contributed by atoms with Gasteiger partial charge >= 0.3 is 0 Å². The van der Waals surface area contributed by atoms with E-state index >= 15 is 0 Å². The third-order valence-electron chi connectivity index (χ3n) is 3.73. The molecule has 98 valence electrons. The van der Waals surface area contributed by atoms with E-state index in [1.807, 2.05) is 30.0 Å². The van der Waals surface area contributed by atoms with E-state index in [-0.39, 0.29) is 10.6 Å². The minimum Gasteiger partial charge on any atom is -0.299 e. The summed E-state index contributed by atoms with van der Waals surface area (Å²) in [5, 5.41) is 3.58. The van der Waals surface area contributed by atoms with Gasteiger partial charge in [-0.05, 0) is 24.2 Å². The first-order chi connectivity index (χ1) is 8.54. The Balaban J connectivity index is 2.10. The summed E-state index contributed by atoms with van der Waals surface area (Å²) < 4.78 is 24.3. The van der Waals surface area contributed by atoms with Crippen LogP contribution in [-0.2, 0) is 14.7 Å². The first-order valence-corrected chi connectivity index (χ1v) is 8.89. The lowest BCUT2D eigenvalue weighted by atomic mass is 10.0. The highest BCUT2D eigenvalue weighted by molar-refractivity contribution is 8.00. The van der Waals surface area contributed by atoms with E-state index in [4.69, 9.17) is 0 Å². The number of nitrogens with one attached hydrogen (secondary N) is 1. The van der Waals surface area contributed by atoms with Gasteiger partial charge in [0.15, 0.2) is 9.84 Å². The molecule has 0 bridgehead atoms. The van der Waals surface area contributed by atoms with Crippen molar-refractivity contribution in [3.8, 4) is 0 Å². The Morgan fingerprint density at radius 2 is 2.17 bits per heavy atom. The third kappa shape index (κ3) is 1.89. The smallest absolute Gasteiger partial charge is 0.178 e. The van der Waals surface area contributed by atoms with Crippen molar-refractivity contribution in [2.24, 2.45) is 5.92 Å². The highest BCUT2D eigenvalue weighted by atomic mass is 32.2. The Morgan fingerprint density at radius 3 is 2.89 bits per heavy atom. The minimum absolute atomic E-state index is 0.186. The minimum atomic E-state index is -3.08. The second-order valence-corrected chi connectivity index (χ2v) is 8.59. The number of hydrogen-bond donors (Lipinski definition) is 1. The lowest BCUT2D eigenvalue weighted by molar-refractivity contribution is 0.396. The van der Waals surface area contributed by atoms with Crippen LogP contribution >= 0.6 is 11.8 Å². The van der Waals surface area contributed by atoms with Crippen LogP contribution in [0.4, 0.5) is 0 Å². The van der Waals surface area contributed by atoms with E-state index in [1.165, 1.54) is 0 Å². The summed E-state index contributed by atoms with van der Waals surface area (Å²) in [5.74, 6) is 1.98. The molecule has 2 heterocycles. The summed E-state index contributed by atoms with van der Waals surface area (Å²) in [6, 6.07) is 7.45. The van der Waals surface area contributed by atoms with E-state index < -0.39 is 9.84 Å². The molecule has 0 saturated carbocycles. The average Bonchev–Trinajstić information content (AvgIpc) is 2.38. The quantitative estimate of drug-likeness (QED) is 0.791. The largest absolute Gasteiger partial charge is 0.299 e. The van der Waals surface area contributed by atoms with Gasteiger partial charge in [-0.1, -0.05) is 25.1 Å². The molecule has 0 aromatic heterocycles. The van der Waals surface area contributed by atoms with Crippen LogP contribution in [0.15, 0.2) is 29.2 Å². The summed E-state index contributed by atoms with van der Waals surface area (Å²) in [5.41, 5.74) is 0.952. The van der Waals surface area contributed by atoms with Crippen LogP contribution in [0.25, 0.3) is 0 Å². The molecule has 0 radical (unpaired) electrons. The maximum Gasteiger partial charge on any atom is 0.178 e. The molecule has 1 fully saturated rings. The Kier molecular flexibility index (Phi) is 2.95. The van der Waals surface area contributed by atoms with Crippen LogP contribution in [0.5, 0.6) is 0 Å². The van der Waals surface area contributed by atoms with Crippen LogP contribution in [0, 0.1) is 5.92 Å². The van der Waals surface area contributed by atoms with Gasteiger partial charge in [0.1, 0.15) is 0 Å². The molecule has 0 aliphatic carbocycles. The lowest BCUT2D eigenvalue weighted by Crippen LogP contribution is -2.50. The summed E-state index contributed by atoms with van der Waals surface area (Å²) >= 11 is 1.86. The van der Waals surface area contributed by atoms with Gasteiger partial charge in [0.25, 0.3) is 0 Å². The molecule has 2 atom stereocenters. The number of rotatable bonds is 0. The molecule has 2 aliphatic heterocycles. The monoisotopic (exact) mass is 283 g/mol. The van der Waals surface area contributed by atoms with Gasteiger partial charge in [0.05, 0.1) is 15.5 Å². The fourth-order valence-electron chi connectivity index (χ4n) is 2.66. The van der Waals surface area contributed by atoms with Crippen molar-refractivity contribution in [3.05, 3.63) is 29.8 Å². The first-order valence-electron chi connectivity index (χ1n) is 6.25. The maximum absolute atomic E-state index is 12.1. The molecular formula is C13H17NO2S2. The first kappa shape index (κ1) is 12.5. The zero-order chi connectivity index (χ0) is 12.8. The second kappa shape index (κ2) is 4.25. The molecule has 5 heteroatoms. The molecule has 1 N–H and O–H groups in total. The summed E-state index contributed by atoms with van der Waals surface area (Å²) in [6.45, 7) is 3.18. The van der Waals surface area contributed by atoms with Crippen LogP contribution in [-0.4, -0.2) is 26.5 Å². The lowest BCUT2D eigenvalue weighted by Gasteiger charge is -2.43. The van der Waals surface area contributed by atoms with Gasteiger partial charge in [-0.25, -0.2) is 8.42 Å². The van der Waals surface area contributed by atoms with Crippen LogP contribution in [0.2, 0.25) is 0 Å². The average molecular weight is 283 g/mol. The van der Waals surface area contributed by atoms with Gasteiger partial charge in [-0.2, -0.15) is 0 Å². The van der Waals surface area contributed by atoms with Crippen molar-refractivity contribution >= 4 is 21.6 Å². The summed E-state index contributed by atoms with van der Waals surface area (Å²) in [7, 11) is -3.08. The Hall–Kier alpha value is -0.520. The fraction of sp³-hybridized carbons (Fsp3) is 0.538. The van der Waals surface area contributed by atoms with Gasteiger partial charge in [0, 0.05) is 12.1 Å². The Bertz CT molecular complexity index is 560. The topological polar surface area (TPSA) is 46.2 Å². The van der Waals surface area contributed by atoms with Crippen molar-refractivity contribution in [1.82, 2.24) is 5.32 Å². The highest BCUT2D eigenvalue weighted by Crippen LogP contribution is 2.46. The normalized spacial score (nSPS) is 34.2. The molecular weight excluding hydrogens is 266 g/mol. The molecule has 0 amide bonds. The number of hydrogen-bond acceptors (Lipinski definition) is 4. The SMILES string of the molecule is CC1CNC2(CCS(=O)(=O)c3ccccc32)SC1. The molecule has 1 saturated heterocycles. The standard InChI is InChI=1S/C13H17NO2S2/c1-10-8-14-13(17-9-10)6-7-18(15,16)12-5-3-2-4-11(12)13/h2-5,10,14H,6-9H2,1H3. The van der Waals surface area contributed by atoms with Gasteiger partial charge < -0.3 is 0 Å². The van der Waals surface area contributed by atoms with E-state index in [0.717, 1.165) is 17.9 Å². The van der Waals surface area contributed by atoms with Gasteiger partial charge in [-0.3, -0.25) is 5.32 Å². The van der Waals surface area contributed by atoms with Crippen LogP contribution < -0.4 is 5.32 Å². The molecule has 18 heavy (non-hydrogen) atoms. The number of sulfone groups is 1. The summed E-state index contributed by atoms with van der Waals surface area (Å²) in [4.78, 5) is 0.333. The molecule has 1 spiro atoms. The molecule has 1 aromatic rings. The van der Waals surface area contributed by atoms with E-state index in [0.29, 0.717) is 17.2 Å². The van der Waals surface area contributed by atoms with Crippen molar-refractivity contribution in [2.45, 2.75) is 23.1 Å². The second-order valence-electron chi connectivity index (χ2n) is 5.19. The van der Waals surface area contributed by atoms with Crippen molar-refractivity contribution in [1.29, 1.82) is 0 Å². The molecule has 3 rings (SSSR count). The molecule has 2 unspecified atom stereocenters. The third-order valence-corrected chi connectivity index (χ3v) is 7.29. The zero-order valence-corrected chi connectivity index (χ0v) is 12.0. The number of benzene rings is 1. The molecule has 2 aliphatic rings. The van der Waals surface area contributed by atoms with E-state index in [1.54, 1.807) is 6.07 Å². The Labute approximate surface area is 112 Å². The number of thioether (sulfide) groups is 1.